The van der Waals surface area contributed by atoms with E-state index >= 15 is 0 Å². The molecule has 0 atom stereocenters. The molecular formula is C12H15NOS. The van der Waals surface area contributed by atoms with Crippen LogP contribution in [-0.2, 0) is 0 Å². The lowest BCUT2D eigenvalue weighted by molar-refractivity contribution is 0.0992. The standard InChI is InChI=1S/C11H10OS.CH5N/c1-2-9(12)11-7-8-5-3-4-6-10(8)13-11;1-2/h3-7H,2H2,1H3;2H2,1H3. The first-order valence-corrected chi connectivity index (χ1v) is 5.72. The number of ketones is 1. The Hall–Kier alpha value is -1.19. The molecule has 1 heterocycles. The number of thiophene rings is 1. The summed E-state index contributed by atoms with van der Waals surface area (Å²) in [5.74, 6) is 0.237. The molecule has 0 saturated carbocycles. The third kappa shape index (κ3) is 2.64. The average molecular weight is 221 g/mol. The second-order valence-electron chi connectivity index (χ2n) is 2.93. The van der Waals surface area contributed by atoms with Crippen LogP contribution in [0.25, 0.3) is 10.1 Å². The summed E-state index contributed by atoms with van der Waals surface area (Å²) in [6.45, 7) is 1.90. The van der Waals surface area contributed by atoms with E-state index < -0.39 is 0 Å². The number of nitrogens with two attached hydrogens (primary N) is 1. The van der Waals surface area contributed by atoms with Crippen molar-refractivity contribution >= 4 is 27.2 Å². The number of Topliss-reactive ketones (excluding diaryl/α,β-unsaturated/α-hetero) is 1. The van der Waals surface area contributed by atoms with Crippen LogP contribution >= 0.6 is 11.3 Å². The first-order valence-electron chi connectivity index (χ1n) is 4.91. The zero-order chi connectivity index (χ0) is 11.3. The molecule has 2 aromatic rings. The minimum absolute atomic E-state index is 0.237. The van der Waals surface area contributed by atoms with Crippen molar-refractivity contribution in [3.63, 3.8) is 0 Å². The van der Waals surface area contributed by atoms with Crippen LogP contribution in [-0.4, -0.2) is 12.8 Å². The zero-order valence-electron chi connectivity index (χ0n) is 8.99. The highest BCUT2D eigenvalue weighted by molar-refractivity contribution is 7.20. The Morgan fingerprint density at radius 2 is 2.00 bits per heavy atom. The van der Waals surface area contributed by atoms with Gasteiger partial charge in [0, 0.05) is 11.1 Å². The molecule has 15 heavy (non-hydrogen) atoms. The fourth-order valence-electron chi connectivity index (χ4n) is 1.29. The van der Waals surface area contributed by atoms with Gasteiger partial charge in [0.05, 0.1) is 4.88 Å². The summed E-state index contributed by atoms with van der Waals surface area (Å²) < 4.78 is 1.19. The van der Waals surface area contributed by atoms with E-state index in [1.165, 1.54) is 17.1 Å². The molecule has 0 aliphatic carbocycles. The normalized spacial score (nSPS) is 9.53. The second kappa shape index (κ2) is 5.63. The third-order valence-electron chi connectivity index (χ3n) is 2.02. The van der Waals surface area contributed by atoms with Gasteiger partial charge >= 0.3 is 0 Å². The molecule has 0 radical (unpaired) electrons. The van der Waals surface area contributed by atoms with Crippen LogP contribution < -0.4 is 5.73 Å². The molecule has 0 amide bonds. The SMILES string of the molecule is CCC(=O)c1cc2ccccc2s1.CN. The van der Waals surface area contributed by atoms with E-state index in [-0.39, 0.29) is 5.78 Å². The monoisotopic (exact) mass is 221 g/mol. The quantitative estimate of drug-likeness (QED) is 0.792. The summed E-state index contributed by atoms with van der Waals surface area (Å²) in [5.41, 5.74) is 4.50. The Morgan fingerprint density at radius 3 is 2.60 bits per heavy atom. The van der Waals surface area contributed by atoms with Crippen molar-refractivity contribution in [2.24, 2.45) is 5.73 Å². The lowest BCUT2D eigenvalue weighted by atomic mass is 10.2. The summed E-state index contributed by atoms with van der Waals surface area (Å²) in [6.07, 6.45) is 0.590. The maximum atomic E-state index is 11.4. The van der Waals surface area contributed by atoms with Gasteiger partial charge in [0.25, 0.3) is 0 Å². The molecule has 0 unspecified atom stereocenters. The van der Waals surface area contributed by atoms with Gasteiger partial charge in [0.2, 0.25) is 0 Å². The summed E-state index contributed by atoms with van der Waals surface area (Å²) in [7, 11) is 1.50. The Bertz CT molecular complexity index is 415. The van der Waals surface area contributed by atoms with Crippen molar-refractivity contribution in [3.05, 3.63) is 35.2 Å². The molecule has 80 valence electrons. The molecule has 1 aromatic heterocycles. The van der Waals surface area contributed by atoms with Crippen LogP contribution in [0.4, 0.5) is 0 Å². The highest BCUT2D eigenvalue weighted by Crippen LogP contribution is 2.25. The second-order valence-corrected chi connectivity index (χ2v) is 4.01. The lowest BCUT2D eigenvalue weighted by Crippen LogP contribution is -1.90. The maximum Gasteiger partial charge on any atom is 0.172 e. The number of benzene rings is 1. The van der Waals surface area contributed by atoms with E-state index in [4.69, 9.17) is 0 Å². The molecule has 2 N–H and O–H groups in total. The first kappa shape index (κ1) is 11.9. The molecule has 0 aliphatic heterocycles. The molecule has 0 saturated heterocycles. The molecule has 0 bridgehead atoms. The van der Waals surface area contributed by atoms with Crippen LogP contribution in [0.2, 0.25) is 0 Å². The summed E-state index contributed by atoms with van der Waals surface area (Å²) in [6, 6.07) is 10.1. The summed E-state index contributed by atoms with van der Waals surface area (Å²) in [5, 5.41) is 1.17. The lowest BCUT2D eigenvalue weighted by Gasteiger charge is -1.86. The van der Waals surface area contributed by atoms with Crippen LogP contribution in [0.5, 0.6) is 0 Å². The van der Waals surface area contributed by atoms with E-state index in [9.17, 15) is 4.79 Å². The minimum atomic E-state index is 0.237. The highest BCUT2D eigenvalue weighted by atomic mass is 32.1. The van der Waals surface area contributed by atoms with E-state index in [1.807, 2.05) is 37.3 Å². The topological polar surface area (TPSA) is 43.1 Å². The first-order chi connectivity index (χ1) is 7.31. The molecule has 2 rings (SSSR count). The number of carbonyl (C=O) groups excluding carboxylic acids is 1. The maximum absolute atomic E-state index is 11.4. The van der Waals surface area contributed by atoms with Crippen molar-refractivity contribution in [2.45, 2.75) is 13.3 Å². The van der Waals surface area contributed by atoms with Crippen molar-refractivity contribution in [2.75, 3.05) is 7.05 Å². The summed E-state index contributed by atoms with van der Waals surface area (Å²) >= 11 is 1.58. The molecule has 0 spiro atoms. The number of rotatable bonds is 2. The molecule has 0 fully saturated rings. The molecule has 2 nitrogen and oxygen atoms in total. The molecular weight excluding hydrogens is 206 g/mol. The van der Waals surface area contributed by atoms with Crippen LogP contribution in [0, 0.1) is 0 Å². The van der Waals surface area contributed by atoms with E-state index in [0.29, 0.717) is 6.42 Å². The third-order valence-corrected chi connectivity index (χ3v) is 3.18. The van der Waals surface area contributed by atoms with E-state index in [0.717, 1.165) is 4.88 Å². The Morgan fingerprint density at radius 1 is 1.33 bits per heavy atom. The van der Waals surface area contributed by atoms with Crippen LogP contribution in [0.3, 0.4) is 0 Å². The van der Waals surface area contributed by atoms with E-state index in [1.54, 1.807) is 11.3 Å². The van der Waals surface area contributed by atoms with Gasteiger partial charge in [-0.05, 0) is 24.6 Å². The van der Waals surface area contributed by atoms with Gasteiger partial charge in [-0.25, -0.2) is 0 Å². The van der Waals surface area contributed by atoms with Crippen molar-refractivity contribution in [1.29, 1.82) is 0 Å². The van der Waals surface area contributed by atoms with Gasteiger partial charge in [-0.1, -0.05) is 25.1 Å². The van der Waals surface area contributed by atoms with E-state index in [2.05, 4.69) is 5.73 Å². The van der Waals surface area contributed by atoms with Crippen LogP contribution in [0.1, 0.15) is 23.0 Å². The predicted molar refractivity (Wildman–Crippen MR) is 66.6 cm³/mol. The fraction of sp³-hybridized carbons (Fsp3) is 0.250. The zero-order valence-corrected chi connectivity index (χ0v) is 9.80. The van der Waals surface area contributed by atoms with Crippen molar-refractivity contribution in [3.8, 4) is 0 Å². The number of hydrogen-bond acceptors (Lipinski definition) is 3. The van der Waals surface area contributed by atoms with Crippen LogP contribution in [0.15, 0.2) is 30.3 Å². The number of carbonyl (C=O) groups is 1. The molecule has 3 heteroatoms. The molecule has 0 aliphatic rings. The highest BCUT2D eigenvalue weighted by Gasteiger charge is 2.06. The fourth-order valence-corrected chi connectivity index (χ4v) is 2.37. The summed E-state index contributed by atoms with van der Waals surface area (Å²) in [4.78, 5) is 12.3. The minimum Gasteiger partial charge on any atom is -0.333 e. The molecule has 1 aromatic carbocycles. The largest absolute Gasteiger partial charge is 0.333 e. The van der Waals surface area contributed by atoms with Gasteiger partial charge in [-0.2, -0.15) is 0 Å². The predicted octanol–water partition coefficient (Wildman–Crippen LogP) is 3.07. The van der Waals surface area contributed by atoms with Gasteiger partial charge < -0.3 is 5.73 Å². The van der Waals surface area contributed by atoms with Crippen molar-refractivity contribution in [1.82, 2.24) is 0 Å². The Balaban J connectivity index is 0.000000531. The van der Waals surface area contributed by atoms with Gasteiger partial charge in [0.15, 0.2) is 5.78 Å². The number of hydrogen-bond donors (Lipinski definition) is 1. The number of fused-ring (bicyclic) bond motifs is 1. The Kier molecular flexibility index (Phi) is 4.46. The Labute approximate surface area is 93.7 Å². The van der Waals surface area contributed by atoms with Gasteiger partial charge in [-0.15, -0.1) is 11.3 Å². The average Bonchev–Trinajstić information content (AvgIpc) is 2.74. The van der Waals surface area contributed by atoms with Gasteiger partial charge in [0.1, 0.15) is 0 Å². The van der Waals surface area contributed by atoms with Crippen molar-refractivity contribution < 1.29 is 4.79 Å². The smallest absolute Gasteiger partial charge is 0.172 e. The van der Waals surface area contributed by atoms with Gasteiger partial charge in [-0.3, -0.25) is 4.79 Å².